The summed E-state index contributed by atoms with van der Waals surface area (Å²) in [4.78, 5) is 33.2. The number of nitrogens with zero attached hydrogens (tertiary/aromatic N) is 1. The van der Waals surface area contributed by atoms with E-state index in [1.165, 1.54) is 0 Å². The summed E-state index contributed by atoms with van der Waals surface area (Å²) in [6.07, 6.45) is 0. The Kier molecular flexibility index (Phi) is 6.18. The van der Waals surface area contributed by atoms with Crippen LogP contribution in [0.2, 0.25) is 0 Å². The zero-order valence-electron chi connectivity index (χ0n) is 17.6. The van der Waals surface area contributed by atoms with Crippen molar-refractivity contribution in [3.8, 4) is 11.4 Å². The topological polar surface area (TPSA) is 86.9 Å². The third-order valence-corrected chi connectivity index (χ3v) is 5.43. The van der Waals surface area contributed by atoms with Gasteiger partial charge in [0.15, 0.2) is 11.5 Å². The molecule has 3 aromatic carbocycles. The van der Waals surface area contributed by atoms with Crippen LogP contribution in [0.15, 0.2) is 82.1 Å². The molecule has 4 rings (SSSR count). The first-order chi connectivity index (χ1) is 15.4. The molecule has 32 heavy (non-hydrogen) atoms. The highest BCUT2D eigenvalue weighted by molar-refractivity contribution is 9.10. The molecule has 0 bridgehead atoms. The molecule has 0 saturated carbocycles. The van der Waals surface area contributed by atoms with Crippen LogP contribution in [0.5, 0.6) is 0 Å². The van der Waals surface area contributed by atoms with E-state index >= 15 is 0 Å². The number of anilines is 3. The van der Waals surface area contributed by atoms with Gasteiger partial charge < -0.3 is 15.6 Å². The van der Waals surface area contributed by atoms with Gasteiger partial charge in [-0.05, 0) is 50.2 Å². The number of amides is 1. The lowest BCUT2D eigenvalue weighted by molar-refractivity contribution is 0.102. The summed E-state index contributed by atoms with van der Waals surface area (Å²) in [5.74, 6) is 0.266. The lowest BCUT2D eigenvalue weighted by Crippen LogP contribution is -2.23. The molecule has 4 aromatic rings. The molecule has 0 aliphatic heterocycles. The van der Waals surface area contributed by atoms with Crippen molar-refractivity contribution >= 4 is 39.0 Å². The van der Waals surface area contributed by atoms with Crippen molar-refractivity contribution in [3.63, 3.8) is 0 Å². The quantitative estimate of drug-likeness (QED) is 0.330. The number of H-pyrrole nitrogens is 1. The molecule has 0 radical (unpaired) electrons. The van der Waals surface area contributed by atoms with Crippen molar-refractivity contribution in [2.45, 2.75) is 13.8 Å². The minimum atomic E-state index is -0.451. The molecule has 0 aliphatic rings. The molecule has 3 N–H and O–H groups in total. The first-order valence-corrected chi connectivity index (χ1v) is 10.8. The molecule has 0 spiro atoms. The summed E-state index contributed by atoms with van der Waals surface area (Å²) < 4.78 is 0.920. The zero-order chi connectivity index (χ0) is 22.7. The first-order valence-electron chi connectivity index (χ1n) is 10.0. The standard InChI is InChI=1S/C25H21BrN4O2/c1-15-3-7-18(8-4-15)24(31)28-21-23(27-20-13-5-16(2)6-14-20)29-22(30-25(21)32)17-9-11-19(26)12-10-17/h3-14H,1-2H3,(H,28,31)(H2,27,29,30,32). The molecular weight excluding hydrogens is 468 g/mol. The summed E-state index contributed by atoms with van der Waals surface area (Å²) in [6.45, 7) is 3.94. The van der Waals surface area contributed by atoms with Gasteiger partial charge in [-0.1, -0.05) is 63.5 Å². The van der Waals surface area contributed by atoms with Crippen molar-refractivity contribution in [2.24, 2.45) is 0 Å². The second kappa shape index (κ2) is 9.20. The molecule has 0 fully saturated rings. The average molecular weight is 489 g/mol. The van der Waals surface area contributed by atoms with E-state index in [1.54, 1.807) is 12.1 Å². The molecule has 0 atom stereocenters. The normalized spacial score (nSPS) is 10.6. The Bertz CT molecular complexity index is 1310. The van der Waals surface area contributed by atoms with Crippen LogP contribution in [0.1, 0.15) is 21.5 Å². The van der Waals surface area contributed by atoms with E-state index < -0.39 is 5.56 Å². The van der Waals surface area contributed by atoms with Crippen LogP contribution < -0.4 is 16.2 Å². The predicted octanol–water partition coefficient (Wildman–Crippen LogP) is 5.81. The summed E-state index contributed by atoms with van der Waals surface area (Å²) in [5, 5.41) is 5.89. The van der Waals surface area contributed by atoms with E-state index in [9.17, 15) is 9.59 Å². The fourth-order valence-corrected chi connectivity index (χ4v) is 3.35. The summed E-state index contributed by atoms with van der Waals surface area (Å²) in [5.41, 5.74) is 3.70. The molecule has 1 amide bonds. The number of hydrogen-bond acceptors (Lipinski definition) is 4. The van der Waals surface area contributed by atoms with Gasteiger partial charge in [0.2, 0.25) is 0 Å². The van der Waals surface area contributed by atoms with E-state index in [1.807, 2.05) is 74.5 Å². The van der Waals surface area contributed by atoms with Gasteiger partial charge in [-0.2, -0.15) is 0 Å². The van der Waals surface area contributed by atoms with E-state index in [4.69, 9.17) is 0 Å². The van der Waals surface area contributed by atoms with Crippen molar-refractivity contribution in [3.05, 3.63) is 104 Å². The van der Waals surface area contributed by atoms with Gasteiger partial charge >= 0.3 is 0 Å². The largest absolute Gasteiger partial charge is 0.338 e. The van der Waals surface area contributed by atoms with Gasteiger partial charge in [-0.3, -0.25) is 9.59 Å². The second-order valence-electron chi connectivity index (χ2n) is 7.46. The maximum atomic E-state index is 13.0. The van der Waals surface area contributed by atoms with Gasteiger partial charge in [0.25, 0.3) is 11.5 Å². The summed E-state index contributed by atoms with van der Waals surface area (Å²) in [6, 6.07) is 22.3. The van der Waals surface area contributed by atoms with Crippen LogP contribution in [0.3, 0.4) is 0 Å². The molecule has 6 nitrogen and oxygen atoms in total. The lowest BCUT2D eigenvalue weighted by atomic mass is 10.1. The van der Waals surface area contributed by atoms with Crippen molar-refractivity contribution in [1.29, 1.82) is 0 Å². The van der Waals surface area contributed by atoms with Crippen molar-refractivity contribution < 1.29 is 4.79 Å². The van der Waals surface area contributed by atoms with E-state index in [0.717, 1.165) is 26.9 Å². The Morgan fingerprint density at radius 3 is 2.09 bits per heavy atom. The highest BCUT2D eigenvalue weighted by Crippen LogP contribution is 2.25. The molecule has 1 heterocycles. The third kappa shape index (κ3) is 4.95. The van der Waals surface area contributed by atoms with Gasteiger partial charge in [0.05, 0.1) is 0 Å². The zero-order valence-corrected chi connectivity index (χ0v) is 19.2. The first kappa shape index (κ1) is 21.5. The molecule has 1 aromatic heterocycles. The number of carbonyl (C=O) groups excluding carboxylic acids is 1. The summed E-state index contributed by atoms with van der Waals surface area (Å²) in [7, 11) is 0. The smallest absolute Gasteiger partial charge is 0.277 e. The number of hydrogen-bond donors (Lipinski definition) is 3. The Labute approximate surface area is 193 Å². The van der Waals surface area contributed by atoms with Gasteiger partial charge in [0.1, 0.15) is 5.82 Å². The van der Waals surface area contributed by atoms with Crippen molar-refractivity contribution in [1.82, 2.24) is 9.97 Å². The highest BCUT2D eigenvalue weighted by atomic mass is 79.9. The predicted molar refractivity (Wildman–Crippen MR) is 132 cm³/mol. The lowest BCUT2D eigenvalue weighted by Gasteiger charge is -2.14. The van der Waals surface area contributed by atoms with Crippen LogP contribution >= 0.6 is 15.9 Å². The highest BCUT2D eigenvalue weighted by Gasteiger charge is 2.17. The number of halogens is 1. The van der Waals surface area contributed by atoms with Gasteiger partial charge in [0, 0.05) is 21.3 Å². The maximum Gasteiger partial charge on any atom is 0.277 e. The van der Waals surface area contributed by atoms with Crippen LogP contribution in [0, 0.1) is 13.8 Å². The minimum absolute atomic E-state index is 0.0528. The van der Waals surface area contributed by atoms with Crippen LogP contribution in [-0.2, 0) is 0 Å². The number of benzene rings is 3. The second-order valence-corrected chi connectivity index (χ2v) is 8.37. The van der Waals surface area contributed by atoms with Gasteiger partial charge in [-0.25, -0.2) is 4.98 Å². The molecule has 7 heteroatoms. The number of aryl methyl sites for hydroxylation is 2. The number of carbonyl (C=O) groups is 1. The molecule has 0 aliphatic carbocycles. The van der Waals surface area contributed by atoms with E-state index in [2.05, 4.69) is 36.5 Å². The number of nitrogens with one attached hydrogen (secondary N) is 3. The Morgan fingerprint density at radius 2 is 1.47 bits per heavy atom. The monoisotopic (exact) mass is 488 g/mol. The van der Waals surface area contributed by atoms with E-state index in [0.29, 0.717) is 11.4 Å². The molecule has 160 valence electrons. The molecule has 0 saturated heterocycles. The SMILES string of the molecule is Cc1ccc(Nc2nc(-c3ccc(Br)cc3)[nH]c(=O)c2NC(=O)c2ccc(C)cc2)cc1. The number of aromatic nitrogens is 2. The van der Waals surface area contributed by atoms with Crippen molar-refractivity contribution in [2.75, 3.05) is 10.6 Å². The van der Waals surface area contributed by atoms with Crippen LogP contribution in [0.4, 0.5) is 17.2 Å². The molecule has 0 unspecified atom stereocenters. The maximum absolute atomic E-state index is 13.0. The Balaban J connectivity index is 1.75. The molecular formula is C25H21BrN4O2. The summed E-state index contributed by atoms with van der Waals surface area (Å²) >= 11 is 3.41. The minimum Gasteiger partial charge on any atom is -0.338 e. The fraction of sp³-hybridized carbons (Fsp3) is 0.0800. The number of rotatable bonds is 5. The Hall–Kier alpha value is -3.71. The van der Waals surface area contributed by atoms with Crippen LogP contribution in [0.25, 0.3) is 11.4 Å². The van der Waals surface area contributed by atoms with Crippen LogP contribution in [-0.4, -0.2) is 15.9 Å². The average Bonchev–Trinajstić information content (AvgIpc) is 2.78. The third-order valence-electron chi connectivity index (χ3n) is 4.90. The van der Waals surface area contributed by atoms with E-state index in [-0.39, 0.29) is 17.4 Å². The fourth-order valence-electron chi connectivity index (χ4n) is 3.09. The Morgan fingerprint density at radius 1 is 0.875 bits per heavy atom. The van der Waals surface area contributed by atoms with Gasteiger partial charge in [-0.15, -0.1) is 0 Å². The number of aromatic amines is 1.